The number of nitrogens with one attached hydrogen (secondary N) is 1. The molecule has 3 nitrogen and oxygen atoms in total. The van der Waals surface area contributed by atoms with Crippen LogP contribution < -0.4 is 5.32 Å². The third kappa shape index (κ3) is 3.76. The second kappa shape index (κ2) is 5.46. The molecule has 0 spiro atoms. The average Bonchev–Trinajstić information content (AvgIpc) is 2.65. The summed E-state index contributed by atoms with van der Waals surface area (Å²) >= 11 is 1.72. The molecule has 98 valence electrons. The molecule has 1 aromatic heterocycles. The molecular formula is C13H24N2OS. The monoisotopic (exact) mass is 256 g/mol. The zero-order valence-corrected chi connectivity index (χ0v) is 12.6. The Bertz CT molecular complexity index is 362. The van der Waals surface area contributed by atoms with Gasteiger partial charge < -0.3 is 10.1 Å². The molecule has 1 N–H and O–H groups in total. The minimum atomic E-state index is -0.156. The largest absolute Gasteiger partial charge is 0.379 e. The van der Waals surface area contributed by atoms with Crippen molar-refractivity contribution in [1.29, 1.82) is 0 Å². The highest BCUT2D eigenvalue weighted by molar-refractivity contribution is 7.09. The van der Waals surface area contributed by atoms with Gasteiger partial charge in [-0.05, 0) is 34.2 Å². The molecule has 0 fully saturated rings. The van der Waals surface area contributed by atoms with E-state index in [4.69, 9.17) is 4.74 Å². The van der Waals surface area contributed by atoms with Crippen molar-refractivity contribution in [3.05, 3.63) is 16.1 Å². The molecule has 4 heteroatoms. The van der Waals surface area contributed by atoms with Gasteiger partial charge >= 0.3 is 0 Å². The Balaban J connectivity index is 2.97. The molecule has 17 heavy (non-hydrogen) atoms. The minimum absolute atomic E-state index is 0.118. The van der Waals surface area contributed by atoms with Gasteiger partial charge in [-0.25, -0.2) is 4.98 Å². The first kappa shape index (κ1) is 14.6. The molecule has 1 heterocycles. The highest BCUT2D eigenvalue weighted by atomic mass is 32.1. The highest BCUT2D eigenvalue weighted by Crippen LogP contribution is 2.33. The van der Waals surface area contributed by atoms with E-state index in [9.17, 15) is 0 Å². The Labute approximate surface area is 109 Å². The van der Waals surface area contributed by atoms with Crippen LogP contribution in [-0.2, 0) is 10.3 Å². The molecule has 0 aliphatic carbocycles. The Kier molecular flexibility index (Phi) is 4.69. The van der Waals surface area contributed by atoms with E-state index in [0.717, 1.165) is 23.7 Å². The SMILES string of the molecule is CCNC(C)(CC(C)(C)OC)c1nc(C)cs1. The van der Waals surface area contributed by atoms with E-state index in [1.165, 1.54) is 0 Å². The van der Waals surface area contributed by atoms with E-state index >= 15 is 0 Å². The van der Waals surface area contributed by atoms with Crippen molar-refractivity contribution in [2.75, 3.05) is 13.7 Å². The van der Waals surface area contributed by atoms with E-state index in [-0.39, 0.29) is 11.1 Å². The van der Waals surface area contributed by atoms with Gasteiger partial charge in [-0.2, -0.15) is 0 Å². The van der Waals surface area contributed by atoms with E-state index in [2.05, 4.69) is 43.4 Å². The molecule has 1 aromatic rings. The zero-order valence-electron chi connectivity index (χ0n) is 11.8. The van der Waals surface area contributed by atoms with Crippen LogP contribution in [0, 0.1) is 6.92 Å². The van der Waals surface area contributed by atoms with Gasteiger partial charge in [-0.1, -0.05) is 6.92 Å². The highest BCUT2D eigenvalue weighted by Gasteiger charge is 2.35. The van der Waals surface area contributed by atoms with E-state index < -0.39 is 0 Å². The second-order valence-corrected chi connectivity index (χ2v) is 6.16. The quantitative estimate of drug-likeness (QED) is 0.849. The Hall–Kier alpha value is -0.450. The first-order valence-electron chi connectivity index (χ1n) is 6.06. The Morgan fingerprint density at radius 2 is 2.06 bits per heavy atom. The lowest BCUT2D eigenvalue weighted by atomic mass is 9.88. The van der Waals surface area contributed by atoms with Crippen LogP contribution in [0.15, 0.2) is 5.38 Å². The van der Waals surface area contributed by atoms with Crippen LogP contribution in [-0.4, -0.2) is 24.2 Å². The predicted octanol–water partition coefficient (Wildman–Crippen LogP) is 3.09. The summed E-state index contributed by atoms with van der Waals surface area (Å²) in [7, 11) is 1.76. The van der Waals surface area contributed by atoms with Crippen molar-refractivity contribution in [2.24, 2.45) is 0 Å². The molecule has 0 aliphatic heterocycles. The molecule has 0 radical (unpaired) electrons. The summed E-state index contributed by atoms with van der Waals surface area (Å²) in [6.07, 6.45) is 0.900. The summed E-state index contributed by atoms with van der Waals surface area (Å²) in [6, 6.07) is 0. The molecule has 0 saturated heterocycles. The first-order chi connectivity index (χ1) is 7.83. The number of aryl methyl sites for hydroxylation is 1. The number of aromatic nitrogens is 1. The zero-order chi connectivity index (χ0) is 13.1. The minimum Gasteiger partial charge on any atom is -0.379 e. The van der Waals surface area contributed by atoms with Gasteiger partial charge in [0.15, 0.2) is 0 Å². The fraction of sp³-hybridized carbons (Fsp3) is 0.769. The molecule has 0 aliphatic rings. The van der Waals surface area contributed by atoms with Crippen LogP contribution in [0.5, 0.6) is 0 Å². The van der Waals surface area contributed by atoms with Crippen molar-refractivity contribution in [3.63, 3.8) is 0 Å². The normalized spacial score (nSPS) is 15.9. The van der Waals surface area contributed by atoms with E-state index in [1.54, 1.807) is 18.4 Å². The number of methoxy groups -OCH3 is 1. The average molecular weight is 256 g/mol. The van der Waals surface area contributed by atoms with Gasteiger partial charge in [-0.3, -0.25) is 0 Å². The number of hydrogen-bond donors (Lipinski definition) is 1. The number of rotatable bonds is 6. The second-order valence-electron chi connectivity index (χ2n) is 5.30. The van der Waals surface area contributed by atoms with Gasteiger partial charge in [0.25, 0.3) is 0 Å². The maximum Gasteiger partial charge on any atom is 0.113 e. The standard InChI is InChI=1S/C13H24N2OS/c1-7-14-13(5,9-12(3,4)16-6)11-15-10(2)8-17-11/h8,14H,7,9H2,1-6H3. The van der Waals surface area contributed by atoms with Crippen LogP contribution >= 0.6 is 11.3 Å². The Morgan fingerprint density at radius 1 is 1.41 bits per heavy atom. The fourth-order valence-corrected chi connectivity index (χ4v) is 3.07. The summed E-state index contributed by atoms with van der Waals surface area (Å²) in [5.41, 5.74) is 0.813. The number of ether oxygens (including phenoxy) is 1. The molecule has 1 rings (SSSR count). The summed E-state index contributed by atoms with van der Waals surface area (Å²) in [5, 5.41) is 6.79. The van der Waals surface area contributed by atoms with E-state index in [0.29, 0.717) is 0 Å². The summed E-state index contributed by atoms with van der Waals surface area (Å²) < 4.78 is 5.54. The van der Waals surface area contributed by atoms with Crippen molar-refractivity contribution < 1.29 is 4.74 Å². The lowest BCUT2D eigenvalue weighted by molar-refractivity contribution is -0.00704. The van der Waals surface area contributed by atoms with E-state index in [1.807, 2.05) is 6.92 Å². The summed E-state index contributed by atoms with van der Waals surface area (Å²) in [5.74, 6) is 0. The van der Waals surface area contributed by atoms with Gasteiger partial charge in [0.05, 0.1) is 11.1 Å². The first-order valence-corrected chi connectivity index (χ1v) is 6.94. The topological polar surface area (TPSA) is 34.1 Å². The third-order valence-electron chi connectivity index (χ3n) is 2.99. The van der Waals surface area contributed by atoms with Crippen LogP contribution in [0.4, 0.5) is 0 Å². The predicted molar refractivity (Wildman–Crippen MR) is 73.6 cm³/mol. The van der Waals surface area contributed by atoms with Gasteiger partial charge in [0.2, 0.25) is 0 Å². The molecule has 0 bridgehead atoms. The molecule has 1 unspecified atom stereocenters. The Morgan fingerprint density at radius 3 is 2.47 bits per heavy atom. The number of thiazole rings is 1. The number of nitrogens with zero attached hydrogens (tertiary/aromatic N) is 1. The maximum atomic E-state index is 5.54. The summed E-state index contributed by atoms with van der Waals surface area (Å²) in [6.45, 7) is 11.5. The maximum absolute atomic E-state index is 5.54. The molecular weight excluding hydrogens is 232 g/mol. The molecule has 1 atom stereocenters. The summed E-state index contributed by atoms with van der Waals surface area (Å²) in [4.78, 5) is 4.62. The molecule has 0 aromatic carbocycles. The van der Waals surface area contributed by atoms with Gasteiger partial charge in [0.1, 0.15) is 5.01 Å². The molecule has 0 amide bonds. The lowest BCUT2D eigenvalue weighted by Crippen LogP contribution is -2.45. The van der Waals surface area contributed by atoms with Crippen LogP contribution in [0.1, 0.15) is 44.8 Å². The van der Waals surface area contributed by atoms with Crippen molar-refractivity contribution in [1.82, 2.24) is 10.3 Å². The lowest BCUT2D eigenvalue weighted by Gasteiger charge is -2.36. The van der Waals surface area contributed by atoms with Crippen LogP contribution in [0.25, 0.3) is 0 Å². The fourth-order valence-electron chi connectivity index (χ4n) is 2.13. The number of hydrogen-bond acceptors (Lipinski definition) is 4. The van der Waals surface area contributed by atoms with Crippen LogP contribution in [0.3, 0.4) is 0 Å². The van der Waals surface area contributed by atoms with Crippen molar-refractivity contribution >= 4 is 11.3 Å². The van der Waals surface area contributed by atoms with Crippen molar-refractivity contribution in [2.45, 2.75) is 52.2 Å². The van der Waals surface area contributed by atoms with Gasteiger partial charge in [-0.15, -0.1) is 11.3 Å². The van der Waals surface area contributed by atoms with Gasteiger partial charge in [0, 0.05) is 24.6 Å². The third-order valence-corrected chi connectivity index (χ3v) is 4.21. The molecule has 0 saturated carbocycles. The van der Waals surface area contributed by atoms with Crippen LogP contribution in [0.2, 0.25) is 0 Å². The van der Waals surface area contributed by atoms with Crippen molar-refractivity contribution in [3.8, 4) is 0 Å². The smallest absolute Gasteiger partial charge is 0.113 e.